The molecular weight excluding hydrogens is 320 g/mol. The molecule has 0 fully saturated rings. The van der Waals surface area contributed by atoms with E-state index in [1.165, 1.54) is 6.07 Å². The van der Waals surface area contributed by atoms with E-state index in [9.17, 15) is 15.2 Å². The lowest BCUT2D eigenvalue weighted by Gasteiger charge is -2.13. The van der Waals surface area contributed by atoms with Crippen molar-refractivity contribution < 1.29 is 10.0 Å². The Morgan fingerprint density at radius 1 is 1.28 bits per heavy atom. The monoisotopic (exact) mass is 340 g/mol. The Hall–Kier alpha value is -2.93. The van der Waals surface area contributed by atoms with E-state index >= 15 is 0 Å². The molecule has 2 N–H and O–H groups in total. The molecule has 0 saturated carbocycles. The lowest BCUT2D eigenvalue weighted by Crippen LogP contribution is -2.18. The number of aromatic nitrogens is 2. The molecule has 1 unspecified atom stereocenters. The highest BCUT2D eigenvalue weighted by atomic mass is 16.6. The quantitative estimate of drug-likeness (QED) is 0.531. The molecule has 0 aliphatic rings. The van der Waals surface area contributed by atoms with E-state index in [4.69, 9.17) is 0 Å². The van der Waals surface area contributed by atoms with Crippen LogP contribution in [0.25, 0.3) is 11.0 Å². The molecule has 7 nitrogen and oxygen atoms in total. The SMILES string of the molecule is Cc1c(Cn2c(NCC(C)O)nc3ccccc32)cccc1[N+](=O)[O-]. The van der Waals surface area contributed by atoms with Gasteiger partial charge in [-0.05, 0) is 31.5 Å². The summed E-state index contributed by atoms with van der Waals surface area (Å²) < 4.78 is 1.98. The Morgan fingerprint density at radius 3 is 2.76 bits per heavy atom. The number of para-hydroxylation sites is 2. The average Bonchev–Trinajstić information content (AvgIpc) is 2.92. The first-order chi connectivity index (χ1) is 12.0. The summed E-state index contributed by atoms with van der Waals surface area (Å²) in [6, 6.07) is 12.8. The highest BCUT2D eigenvalue weighted by Crippen LogP contribution is 2.26. The zero-order valence-corrected chi connectivity index (χ0v) is 14.1. The zero-order chi connectivity index (χ0) is 18.0. The number of nitro groups is 1. The minimum Gasteiger partial charge on any atom is -0.392 e. The number of nitrogens with zero attached hydrogens (tertiary/aromatic N) is 3. The van der Waals surface area contributed by atoms with Gasteiger partial charge in [-0.25, -0.2) is 4.98 Å². The summed E-state index contributed by atoms with van der Waals surface area (Å²) in [6.45, 7) is 4.29. The molecular formula is C18H20N4O3. The molecule has 3 rings (SSSR count). The highest BCUT2D eigenvalue weighted by Gasteiger charge is 2.16. The van der Waals surface area contributed by atoms with Crippen LogP contribution in [-0.4, -0.2) is 32.2 Å². The fourth-order valence-corrected chi connectivity index (χ4v) is 2.82. The number of nitro benzene ring substituents is 1. The molecule has 0 bridgehead atoms. The zero-order valence-electron chi connectivity index (χ0n) is 14.1. The van der Waals surface area contributed by atoms with E-state index in [1.807, 2.05) is 34.9 Å². The third kappa shape index (κ3) is 3.46. The third-order valence-electron chi connectivity index (χ3n) is 4.15. The summed E-state index contributed by atoms with van der Waals surface area (Å²) in [4.78, 5) is 15.4. The number of benzene rings is 2. The Balaban J connectivity index is 2.04. The minimum absolute atomic E-state index is 0.111. The standard InChI is InChI=1S/C18H20N4O3/c1-12(23)10-19-18-20-15-7-3-4-8-17(15)21(18)11-14-6-5-9-16(13(14)2)22(24)25/h3-9,12,23H,10-11H2,1-2H3,(H,19,20). The number of aliphatic hydroxyl groups excluding tert-OH is 1. The van der Waals surface area contributed by atoms with Crippen LogP contribution < -0.4 is 5.32 Å². The summed E-state index contributed by atoms with van der Waals surface area (Å²) in [7, 11) is 0. The van der Waals surface area contributed by atoms with Crippen molar-refractivity contribution in [1.82, 2.24) is 9.55 Å². The largest absolute Gasteiger partial charge is 0.392 e. The number of fused-ring (bicyclic) bond motifs is 1. The predicted molar refractivity (Wildman–Crippen MR) is 96.8 cm³/mol. The van der Waals surface area contributed by atoms with Crippen LogP contribution in [0, 0.1) is 17.0 Å². The van der Waals surface area contributed by atoms with Gasteiger partial charge in [-0.1, -0.05) is 24.3 Å². The van der Waals surface area contributed by atoms with E-state index in [0.29, 0.717) is 24.6 Å². The fraction of sp³-hybridized carbons (Fsp3) is 0.278. The van der Waals surface area contributed by atoms with Gasteiger partial charge in [0.2, 0.25) is 5.95 Å². The van der Waals surface area contributed by atoms with Crippen molar-refractivity contribution >= 4 is 22.7 Å². The lowest BCUT2D eigenvalue weighted by molar-refractivity contribution is -0.385. The molecule has 3 aromatic rings. The van der Waals surface area contributed by atoms with Crippen molar-refractivity contribution in [3.05, 3.63) is 63.7 Å². The number of hydrogen-bond acceptors (Lipinski definition) is 5. The second kappa shape index (κ2) is 6.90. The van der Waals surface area contributed by atoms with Crippen molar-refractivity contribution in [3.8, 4) is 0 Å². The molecule has 0 amide bonds. The molecule has 0 aliphatic carbocycles. The van der Waals surface area contributed by atoms with Crippen LogP contribution >= 0.6 is 0 Å². The maximum Gasteiger partial charge on any atom is 0.272 e. The Labute approximate surface area is 145 Å². The summed E-state index contributed by atoms with van der Waals surface area (Å²) in [5, 5.41) is 23.9. The first-order valence-electron chi connectivity index (χ1n) is 8.07. The van der Waals surface area contributed by atoms with Gasteiger partial charge in [0, 0.05) is 18.2 Å². The second-order valence-electron chi connectivity index (χ2n) is 6.06. The number of anilines is 1. The first kappa shape index (κ1) is 16.9. The Morgan fingerprint density at radius 2 is 2.04 bits per heavy atom. The summed E-state index contributed by atoms with van der Waals surface area (Å²) in [6.07, 6.45) is -0.507. The Kier molecular flexibility index (Phi) is 4.67. The number of nitrogens with one attached hydrogen (secondary N) is 1. The molecule has 0 aliphatic heterocycles. The molecule has 0 radical (unpaired) electrons. The van der Waals surface area contributed by atoms with Gasteiger partial charge in [-0.2, -0.15) is 0 Å². The van der Waals surface area contributed by atoms with E-state index in [-0.39, 0.29) is 10.6 Å². The van der Waals surface area contributed by atoms with Crippen molar-refractivity contribution in [3.63, 3.8) is 0 Å². The summed E-state index contributed by atoms with van der Waals surface area (Å²) >= 11 is 0. The second-order valence-corrected chi connectivity index (χ2v) is 6.06. The molecule has 2 aromatic carbocycles. The number of hydrogen-bond donors (Lipinski definition) is 2. The molecule has 0 saturated heterocycles. The van der Waals surface area contributed by atoms with Gasteiger partial charge >= 0.3 is 0 Å². The van der Waals surface area contributed by atoms with E-state index in [1.54, 1.807) is 19.9 Å². The highest BCUT2D eigenvalue weighted by molar-refractivity contribution is 5.78. The van der Waals surface area contributed by atoms with Crippen molar-refractivity contribution in [1.29, 1.82) is 0 Å². The Bertz CT molecular complexity index is 918. The number of aliphatic hydroxyl groups is 1. The fourth-order valence-electron chi connectivity index (χ4n) is 2.82. The predicted octanol–water partition coefficient (Wildman–Crippen LogP) is 3.09. The van der Waals surface area contributed by atoms with Gasteiger partial charge < -0.3 is 15.0 Å². The van der Waals surface area contributed by atoms with Gasteiger partial charge in [-0.3, -0.25) is 10.1 Å². The number of imidazole rings is 1. The molecule has 1 heterocycles. The molecule has 1 aromatic heterocycles. The maximum absolute atomic E-state index is 11.2. The van der Waals surface area contributed by atoms with Crippen molar-refractivity contribution in [2.45, 2.75) is 26.5 Å². The smallest absolute Gasteiger partial charge is 0.272 e. The van der Waals surface area contributed by atoms with E-state index < -0.39 is 6.10 Å². The minimum atomic E-state index is -0.507. The topological polar surface area (TPSA) is 93.2 Å². The van der Waals surface area contributed by atoms with E-state index in [2.05, 4.69) is 10.3 Å². The van der Waals surface area contributed by atoms with E-state index in [0.717, 1.165) is 16.6 Å². The normalized spacial score (nSPS) is 12.3. The molecule has 7 heteroatoms. The van der Waals surface area contributed by atoms with Crippen LogP contribution in [-0.2, 0) is 6.54 Å². The third-order valence-corrected chi connectivity index (χ3v) is 4.15. The van der Waals surface area contributed by atoms with Crippen LogP contribution in [0.2, 0.25) is 0 Å². The first-order valence-corrected chi connectivity index (χ1v) is 8.07. The molecule has 130 valence electrons. The van der Waals surface area contributed by atoms with Gasteiger partial charge in [-0.15, -0.1) is 0 Å². The van der Waals surface area contributed by atoms with Crippen LogP contribution in [0.3, 0.4) is 0 Å². The molecule has 1 atom stereocenters. The van der Waals surface area contributed by atoms with Crippen molar-refractivity contribution in [2.24, 2.45) is 0 Å². The summed E-state index contributed by atoms with van der Waals surface area (Å²) in [5.41, 5.74) is 3.38. The van der Waals surface area contributed by atoms with Crippen LogP contribution in [0.5, 0.6) is 0 Å². The molecule has 0 spiro atoms. The maximum atomic E-state index is 11.2. The average molecular weight is 340 g/mol. The molecule has 25 heavy (non-hydrogen) atoms. The van der Waals surface area contributed by atoms with Gasteiger partial charge in [0.1, 0.15) is 0 Å². The lowest BCUT2D eigenvalue weighted by atomic mass is 10.1. The van der Waals surface area contributed by atoms with Crippen molar-refractivity contribution in [2.75, 3.05) is 11.9 Å². The summed E-state index contributed by atoms with van der Waals surface area (Å²) in [5.74, 6) is 0.632. The van der Waals surface area contributed by atoms with Gasteiger partial charge in [0.05, 0.1) is 28.6 Å². The van der Waals surface area contributed by atoms with Gasteiger partial charge in [0.15, 0.2) is 0 Å². The van der Waals surface area contributed by atoms with Crippen LogP contribution in [0.15, 0.2) is 42.5 Å². The van der Waals surface area contributed by atoms with Crippen LogP contribution in [0.4, 0.5) is 11.6 Å². The van der Waals surface area contributed by atoms with Gasteiger partial charge in [0.25, 0.3) is 5.69 Å². The van der Waals surface area contributed by atoms with Crippen LogP contribution in [0.1, 0.15) is 18.1 Å². The number of rotatable bonds is 6.